The Morgan fingerprint density at radius 1 is 1.13 bits per heavy atom. The lowest BCUT2D eigenvalue weighted by atomic mass is 10.2. The van der Waals surface area contributed by atoms with Crippen molar-refractivity contribution in [3.63, 3.8) is 0 Å². The summed E-state index contributed by atoms with van der Waals surface area (Å²) in [5.74, 6) is -0.622. The molecule has 0 atom stereocenters. The van der Waals surface area contributed by atoms with Crippen molar-refractivity contribution in [3.05, 3.63) is 64.8 Å². The van der Waals surface area contributed by atoms with E-state index in [1.165, 1.54) is 18.2 Å². The van der Waals surface area contributed by atoms with Crippen LogP contribution in [0.4, 0.5) is 9.52 Å². The second kappa shape index (κ2) is 6.27. The zero-order valence-corrected chi connectivity index (χ0v) is 13.9. The van der Waals surface area contributed by atoms with E-state index in [9.17, 15) is 12.8 Å². The van der Waals surface area contributed by atoms with Gasteiger partial charge in [0.1, 0.15) is 5.82 Å². The normalized spacial score (nSPS) is 11.4. The van der Waals surface area contributed by atoms with Crippen molar-refractivity contribution in [1.82, 2.24) is 4.98 Å². The smallest absolute Gasteiger partial charge is 0.255 e. The van der Waals surface area contributed by atoms with Crippen LogP contribution in [0.25, 0.3) is 11.3 Å². The lowest BCUT2D eigenvalue weighted by molar-refractivity contribution is 0.595. The van der Waals surface area contributed by atoms with Gasteiger partial charge in [0.15, 0.2) is 5.13 Å². The van der Waals surface area contributed by atoms with Gasteiger partial charge in [0.05, 0.1) is 10.6 Å². The van der Waals surface area contributed by atoms with Crippen LogP contribution in [-0.2, 0) is 10.0 Å². The van der Waals surface area contributed by atoms with Crippen molar-refractivity contribution < 1.29 is 12.8 Å². The van der Waals surface area contributed by atoms with Crippen LogP contribution in [0, 0.1) is 5.82 Å². The third kappa shape index (κ3) is 3.52. The van der Waals surface area contributed by atoms with Crippen LogP contribution in [0.5, 0.6) is 0 Å². The van der Waals surface area contributed by atoms with Crippen LogP contribution in [0.3, 0.4) is 0 Å². The molecule has 0 spiro atoms. The second-order valence-electron chi connectivity index (χ2n) is 4.58. The molecule has 3 rings (SSSR count). The Balaban J connectivity index is 1.89. The number of thiazole rings is 1. The first-order valence-electron chi connectivity index (χ1n) is 6.44. The maximum absolute atomic E-state index is 13.2. The van der Waals surface area contributed by atoms with Gasteiger partial charge in [-0.3, -0.25) is 4.72 Å². The van der Waals surface area contributed by atoms with E-state index in [2.05, 4.69) is 9.71 Å². The van der Waals surface area contributed by atoms with Gasteiger partial charge >= 0.3 is 0 Å². The molecular weight excluding hydrogens is 359 g/mol. The average molecular weight is 369 g/mol. The number of rotatable bonds is 4. The minimum Gasteiger partial charge on any atom is -0.255 e. The Morgan fingerprint density at radius 2 is 1.91 bits per heavy atom. The van der Waals surface area contributed by atoms with Gasteiger partial charge in [-0.05, 0) is 24.3 Å². The van der Waals surface area contributed by atoms with E-state index in [1.807, 2.05) is 6.07 Å². The highest BCUT2D eigenvalue weighted by Gasteiger charge is 2.17. The molecule has 1 N–H and O–H groups in total. The highest BCUT2D eigenvalue weighted by molar-refractivity contribution is 7.93. The summed E-state index contributed by atoms with van der Waals surface area (Å²) < 4.78 is 40.0. The Kier molecular flexibility index (Phi) is 4.34. The summed E-state index contributed by atoms with van der Waals surface area (Å²) in [6.45, 7) is 0. The van der Waals surface area contributed by atoms with Crippen LogP contribution < -0.4 is 4.72 Å². The monoisotopic (exact) mass is 368 g/mol. The molecule has 0 aliphatic rings. The van der Waals surface area contributed by atoms with E-state index in [1.54, 1.807) is 23.6 Å². The maximum atomic E-state index is 13.2. The molecule has 0 aliphatic heterocycles. The Bertz CT molecular complexity index is 957. The van der Waals surface area contributed by atoms with Crippen molar-refractivity contribution in [2.75, 3.05) is 4.72 Å². The number of benzene rings is 2. The highest BCUT2D eigenvalue weighted by Crippen LogP contribution is 2.31. The van der Waals surface area contributed by atoms with E-state index in [0.717, 1.165) is 17.4 Å². The standard InChI is InChI=1S/C15H10ClFN2O2S2/c16-13-7-2-1-6-12(13)14-9-22-15(18-14)19-23(20,21)11-5-3-4-10(17)8-11/h1-9H,(H,18,19). The third-order valence-corrected chi connectivity index (χ3v) is 5.54. The van der Waals surface area contributed by atoms with Gasteiger partial charge in [0, 0.05) is 16.0 Å². The molecule has 2 aromatic carbocycles. The number of hydrogen-bond donors (Lipinski definition) is 1. The zero-order chi connectivity index (χ0) is 16.4. The molecule has 1 aromatic heterocycles. The van der Waals surface area contributed by atoms with Crippen LogP contribution in [0.15, 0.2) is 58.8 Å². The predicted molar refractivity (Wildman–Crippen MR) is 89.8 cm³/mol. The Hall–Kier alpha value is -1.96. The van der Waals surface area contributed by atoms with Crippen LogP contribution in [0.1, 0.15) is 0 Å². The molecule has 8 heteroatoms. The summed E-state index contributed by atoms with van der Waals surface area (Å²) in [6.07, 6.45) is 0. The summed E-state index contributed by atoms with van der Waals surface area (Å²) in [7, 11) is -3.89. The van der Waals surface area contributed by atoms with E-state index in [4.69, 9.17) is 11.6 Å². The number of nitrogens with one attached hydrogen (secondary N) is 1. The number of halogens is 2. The molecular formula is C15H10ClFN2O2S2. The molecule has 23 heavy (non-hydrogen) atoms. The van der Waals surface area contributed by atoms with E-state index in [0.29, 0.717) is 16.3 Å². The van der Waals surface area contributed by atoms with Crippen LogP contribution in [-0.4, -0.2) is 13.4 Å². The third-order valence-electron chi connectivity index (χ3n) is 2.98. The minimum atomic E-state index is -3.89. The summed E-state index contributed by atoms with van der Waals surface area (Å²) in [4.78, 5) is 4.06. The number of hydrogen-bond acceptors (Lipinski definition) is 4. The van der Waals surface area contributed by atoms with Crippen molar-refractivity contribution in [1.29, 1.82) is 0 Å². The summed E-state index contributed by atoms with van der Waals surface area (Å²) in [5, 5.41) is 2.41. The maximum Gasteiger partial charge on any atom is 0.263 e. The van der Waals surface area contributed by atoms with Crippen LogP contribution in [0.2, 0.25) is 5.02 Å². The Labute approximate surface area is 141 Å². The molecule has 0 unspecified atom stereocenters. The fourth-order valence-electron chi connectivity index (χ4n) is 1.92. The minimum absolute atomic E-state index is 0.160. The fourth-order valence-corrected chi connectivity index (χ4v) is 4.15. The molecule has 0 saturated heterocycles. The first kappa shape index (κ1) is 15.9. The topological polar surface area (TPSA) is 59.1 Å². The molecule has 1 heterocycles. The molecule has 0 fully saturated rings. The Morgan fingerprint density at radius 3 is 2.65 bits per heavy atom. The SMILES string of the molecule is O=S(=O)(Nc1nc(-c2ccccc2Cl)cs1)c1cccc(F)c1. The molecule has 118 valence electrons. The van der Waals surface area contributed by atoms with Gasteiger partial charge in [-0.25, -0.2) is 17.8 Å². The van der Waals surface area contributed by atoms with Crippen molar-refractivity contribution >= 4 is 38.1 Å². The number of anilines is 1. The van der Waals surface area contributed by atoms with Gasteiger partial charge < -0.3 is 0 Å². The van der Waals surface area contributed by atoms with Gasteiger partial charge in [-0.15, -0.1) is 11.3 Å². The van der Waals surface area contributed by atoms with Crippen LogP contribution >= 0.6 is 22.9 Å². The number of sulfonamides is 1. The number of aromatic nitrogens is 1. The van der Waals surface area contributed by atoms with Gasteiger partial charge in [-0.2, -0.15) is 0 Å². The predicted octanol–water partition coefficient (Wildman–Crippen LogP) is 4.40. The molecule has 3 aromatic rings. The molecule has 0 amide bonds. The fraction of sp³-hybridized carbons (Fsp3) is 0. The molecule has 0 aliphatic carbocycles. The van der Waals surface area contributed by atoms with Crippen molar-refractivity contribution in [3.8, 4) is 11.3 Å². The first-order chi connectivity index (χ1) is 11.0. The molecule has 0 saturated carbocycles. The van der Waals surface area contributed by atoms with Gasteiger partial charge in [0.25, 0.3) is 10.0 Å². The summed E-state index contributed by atoms with van der Waals surface area (Å²) >= 11 is 7.22. The van der Waals surface area contributed by atoms with Gasteiger partial charge in [-0.1, -0.05) is 35.9 Å². The molecule has 4 nitrogen and oxygen atoms in total. The second-order valence-corrected chi connectivity index (χ2v) is 7.53. The van der Waals surface area contributed by atoms with E-state index >= 15 is 0 Å². The van der Waals surface area contributed by atoms with Gasteiger partial charge in [0.2, 0.25) is 0 Å². The van der Waals surface area contributed by atoms with Crippen molar-refractivity contribution in [2.24, 2.45) is 0 Å². The highest BCUT2D eigenvalue weighted by atomic mass is 35.5. The zero-order valence-electron chi connectivity index (χ0n) is 11.5. The quantitative estimate of drug-likeness (QED) is 0.742. The summed E-state index contributed by atoms with van der Waals surface area (Å²) in [6, 6.07) is 11.9. The first-order valence-corrected chi connectivity index (χ1v) is 9.18. The van der Waals surface area contributed by atoms with E-state index in [-0.39, 0.29) is 10.0 Å². The molecule has 0 bridgehead atoms. The van der Waals surface area contributed by atoms with Crippen molar-refractivity contribution in [2.45, 2.75) is 4.90 Å². The lowest BCUT2D eigenvalue weighted by Crippen LogP contribution is -2.12. The number of nitrogens with zero attached hydrogens (tertiary/aromatic N) is 1. The summed E-state index contributed by atoms with van der Waals surface area (Å²) in [5.41, 5.74) is 1.28. The average Bonchev–Trinajstić information content (AvgIpc) is 2.95. The lowest BCUT2D eigenvalue weighted by Gasteiger charge is -2.05. The largest absolute Gasteiger partial charge is 0.263 e. The van der Waals surface area contributed by atoms with E-state index < -0.39 is 15.8 Å². The molecule has 0 radical (unpaired) electrons.